The normalized spacial score (nSPS) is 10.5. The number of aromatic nitrogens is 1. The topological polar surface area (TPSA) is 68.1 Å². The Bertz CT molecular complexity index is 831. The van der Waals surface area contributed by atoms with Gasteiger partial charge in [0.1, 0.15) is 0 Å². The van der Waals surface area contributed by atoms with E-state index in [0.717, 1.165) is 22.2 Å². The summed E-state index contributed by atoms with van der Waals surface area (Å²) in [6.45, 7) is 2.01. The van der Waals surface area contributed by atoms with Crippen LogP contribution >= 0.6 is 0 Å². The zero-order chi connectivity index (χ0) is 14.8. The van der Waals surface area contributed by atoms with Gasteiger partial charge in [-0.15, -0.1) is 0 Å². The molecule has 0 spiro atoms. The van der Waals surface area contributed by atoms with Crippen molar-refractivity contribution in [3.8, 4) is 0 Å². The highest BCUT2D eigenvalue weighted by molar-refractivity contribution is 5.94. The predicted molar refractivity (Wildman–Crippen MR) is 82.9 cm³/mol. The van der Waals surface area contributed by atoms with Gasteiger partial charge in [-0.3, -0.25) is 15.1 Å². The molecule has 0 unspecified atom stereocenters. The lowest BCUT2D eigenvalue weighted by Gasteiger charge is -2.10. The quantitative estimate of drug-likeness (QED) is 0.576. The van der Waals surface area contributed by atoms with Crippen LogP contribution in [0.2, 0.25) is 0 Å². The first-order valence-corrected chi connectivity index (χ1v) is 6.51. The highest BCUT2D eigenvalue weighted by Crippen LogP contribution is 2.28. The maximum Gasteiger partial charge on any atom is 0.271 e. The van der Waals surface area contributed by atoms with E-state index in [1.54, 1.807) is 18.3 Å². The molecule has 3 rings (SSSR count). The number of fused-ring (bicyclic) bond motifs is 1. The second-order valence-electron chi connectivity index (χ2n) is 4.76. The van der Waals surface area contributed by atoms with E-state index in [0.29, 0.717) is 5.69 Å². The summed E-state index contributed by atoms with van der Waals surface area (Å²) < 4.78 is 0. The Morgan fingerprint density at radius 2 is 1.95 bits per heavy atom. The van der Waals surface area contributed by atoms with E-state index >= 15 is 0 Å². The van der Waals surface area contributed by atoms with Gasteiger partial charge in [0.25, 0.3) is 5.69 Å². The Morgan fingerprint density at radius 3 is 2.76 bits per heavy atom. The number of nitrogens with one attached hydrogen (secondary N) is 1. The van der Waals surface area contributed by atoms with E-state index in [-0.39, 0.29) is 5.69 Å². The highest BCUT2D eigenvalue weighted by Gasteiger charge is 2.08. The van der Waals surface area contributed by atoms with Crippen molar-refractivity contribution in [3.05, 3.63) is 70.4 Å². The van der Waals surface area contributed by atoms with Gasteiger partial charge in [-0.2, -0.15) is 0 Å². The van der Waals surface area contributed by atoms with Gasteiger partial charge in [0, 0.05) is 35.1 Å². The van der Waals surface area contributed by atoms with Crippen LogP contribution in [0.4, 0.5) is 17.1 Å². The van der Waals surface area contributed by atoms with Gasteiger partial charge in [0.2, 0.25) is 0 Å². The van der Waals surface area contributed by atoms with Crippen LogP contribution in [0.1, 0.15) is 5.56 Å². The molecule has 0 radical (unpaired) electrons. The minimum atomic E-state index is -0.403. The van der Waals surface area contributed by atoms with Gasteiger partial charge < -0.3 is 5.32 Å². The van der Waals surface area contributed by atoms with Crippen LogP contribution in [-0.4, -0.2) is 9.91 Å². The molecule has 0 fully saturated rings. The summed E-state index contributed by atoms with van der Waals surface area (Å²) in [5.74, 6) is 0. The first-order chi connectivity index (χ1) is 10.1. The molecule has 0 aliphatic rings. The Morgan fingerprint density at radius 1 is 1.14 bits per heavy atom. The SMILES string of the molecule is Cc1cccc2c(Nc3cccc([N+](=O)[O-])c3)ccnc12. The molecular formula is C16H13N3O2. The Kier molecular flexibility index (Phi) is 3.23. The molecule has 1 heterocycles. The third-order valence-electron chi connectivity index (χ3n) is 3.31. The largest absolute Gasteiger partial charge is 0.355 e. The third-order valence-corrected chi connectivity index (χ3v) is 3.31. The van der Waals surface area contributed by atoms with Crippen molar-refractivity contribution in [1.82, 2.24) is 4.98 Å². The summed E-state index contributed by atoms with van der Waals surface area (Å²) in [5.41, 5.74) is 3.64. The van der Waals surface area contributed by atoms with Crippen LogP contribution in [0.15, 0.2) is 54.7 Å². The minimum Gasteiger partial charge on any atom is -0.355 e. The molecule has 104 valence electrons. The molecule has 0 amide bonds. The van der Waals surface area contributed by atoms with Gasteiger partial charge >= 0.3 is 0 Å². The predicted octanol–water partition coefficient (Wildman–Crippen LogP) is 4.20. The van der Waals surface area contributed by atoms with Crippen LogP contribution in [0.25, 0.3) is 10.9 Å². The Hall–Kier alpha value is -2.95. The fourth-order valence-electron chi connectivity index (χ4n) is 2.29. The van der Waals surface area contributed by atoms with Crippen LogP contribution < -0.4 is 5.32 Å². The lowest BCUT2D eigenvalue weighted by molar-refractivity contribution is -0.384. The summed E-state index contributed by atoms with van der Waals surface area (Å²) in [5, 5.41) is 15.0. The summed E-state index contributed by atoms with van der Waals surface area (Å²) in [7, 11) is 0. The van der Waals surface area contributed by atoms with Gasteiger partial charge in [0.05, 0.1) is 10.4 Å². The fourth-order valence-corrected chi connectivity index (χ4v) is 2.29. The molecule has 0 aliphatic heterocycles. The van der Waals surface area contributed by atoms with Crippen molar-refractivity contribution in [3.63, 3.8) is 0 Å². The second kappa shape index (κ2) is 5.20. The Labute approximate surface area is 121 Å². The van der Waals surface area contributed by atoms with Crippen molar-refractivity contribution >= 4 is 28.0 Å². The number of non-ortho nitro benzene ring substituents is 1. The van der Waals surface area contributed by atoms with Crippen molar-refractivity contribution in [1.29, 1.82) is 0 Å². The molecule has 0 atom stereocenters. The number of nitro groups is 1. The maximum absolute atomic E-state index is 10.8. The lowest BCUT2D eigenvalue weighted by Crippen LogP contribution is -1.95. The average molecular weight is 279 g/mol. The van der Waals surface area contributed by atoms with Gasteiger partial charge in [0.15, 0.2) is 0 Å². The molecule has 0 bridgehead atoms. The summed E-state index contributed by atoms with van der Waals surface area (Å²) in [6, 6.07) is 14.3. The molecule has 0 saturated heterocycles. The second-order valence-corrected chi connectivity index (χ2v) is 4.76. The molecular weight excluding hydrogens is 266 g/mol. The molecule has 5 nitrogen and oxygen atoms in total. The van der Waals surface area contributed by atoms with Crippen molar-refractivity contribution in [2.45, 2.75) is 6.92 Å². The van der Waals surface area contributed by atoms with E-state index in [2.05, 4.69) is 10.3 Å². The van der Waals surface area contributed by atoms with Crippen molar-refractivity contribution < 1.29 is 4.92 Å². The molecule has 1 N–H and O–H groups in total. The molecule has 0 saturated carbocycles. The van der Waals surface area contributed by atoms with Crippen LogP contribution in [0.5, 0.6) is 0 Å². The first-order valence-electron chi connectivity index (χ1n) is 6.51. The number of anilines is 2. The molecule has 5 heteroatoms. The number of para-hydroxylation sites is 1. The molecule has 1 aromatic heterocycles. The van der Waals surface area contributed by atoms with E-state index in [9.17, 15) is 10.1 Å². The Balaban J connectivity index is 2.04. The van der Waals surface area contributed by atoms with Crippen molar-refractivity contribution in [2.24, 2.45) is 0 Å². The summed E-state index contributed by atoms with van der Waals surface area (Å²) >= 11 is 0. The van der Waals surface area contributed by atoms with Crippen LogP contribution in [0, 0.1) is 17.0 Å². The standard InChI is InChI=1S/C16H13N3O2/c1-11-4-2-7-14-15(8-9-17-16(11)14)18-12-5-3-6-13(10-12)19(20)21/h2-10H,1H3,(H,17,18). The maximum atomic E-state index is 10.8. The smallest absolute Gasteiger partial charge is 0.271 e. The molecule has 0 aliphatic carbocycles. The van der Waals surface area contributed by atoms with Gasteiger partial charge in [-0.05, 0) is 24.6 Å². The average Bonchev–Trinajstić information content (AvgIpc) is 2.49. The third kappa shape index (κ3) is 2.53. The number of hydrogen-bond acceptors (Lipinski definition) is 4. The minimum absolute atomic E-state index is 0.0644. The number of pyridine rings is 1. The summed E-state index contributed by atoms with van der Waals surface area (Å²) in [6.07, 6.45) is 1.73. The molecule has 21 heavy (non-hydrogen) atoms. The highest BCUT2D eigenvalue weighted by atomic mass is 16.6. The van der Waals surface area contributed by atoms with Crippen molar-refractivity contribution in [2.75, 3.05) is 5.32 Å². The van der Waals surface area contributed by atoms with E-state index in [1.807, 2.05) is 31.2 Å². The zero-order valence-corrected chi connectivity index (χ0v) is 11.4. The number of nitrogens with zero attached hydrogens (tertiary/aromatic N) is 2. The number of aryl methyl sites for hydroxylation is 1. The van der Waals surface area contributed by atoms with Crippen LogP contribution in [-0.2, 0) is 0 Å². The molecule has 3 aromatic rings. The fraction of sp³-hybridized carbons (Fsp3) is 0.0625. The number of hydrogen-bond donors (Lipinski definition) is 1. The lowest BCUT2D eigenvalue weighted by atomic mass is 10.1. The first kappa shape index (κ1) is 13.1. The van der Waals surface area contributed by atoms with E-state index in [4.69, 9.17) is 0 Å². The summed E-state index contributed by atoms with van der Waals surface area (Å²) in [4.78, 5) is 14.8. The molecule has 2 aromatic carbocycles. The zero-order valence-electron chi connectivity index (χ0n) is 11.4. The van der Waals surface area contributed by atoms with Crippen LogP contribution in [0.3, 0.4) is 0 Å². The van der Waals surface area contributed by atoms with E-state index in [1.165, 1.54) is 12.1 Å². The number of rotatable bonds is 3. The van der Waals surface area contributed by atoms with E-state index < -0.39 is 4.92 Å². The van der Waals surface area contributed by atoms with Gasteiger partial charge in [-0.25, -0.2) is 0 Å². The number of benzene rings is 2. The van der Waals surface area contributed by atoms with Gasteiger partial charge in [-0.1, -0.05) is 24.3 Å². The number of nitro benzene ring substituents is 1. The monoisotopic (exact) mass is 279 g/mol.